The molecule has 0 fully saturated rings. The number of hydrogen-bond acceptors (Lipinski definition) is 3. The summed E-state index contributed by atoms with van der Waals surface area (Å²) in [5, 5.41) is 3.69. The summed E-state index contributed by atoms with van der Waals surface area (Å²) in [5.41, 5.74) is 1.46. The lowest BCUT2D eigenvalue weighted by molar-refractivity contribution is 0.102. The molecule has 0 saturated heterocycles. The summed E-state index contributed by atoms with van der Waals surface area (Å²) >= 11 is 0. The van der Waals surface area contributed by atoms with Crippen molar-refractivity contribution < 1.29 is 4.79 Å². The van der Waals surface area contributed by atoms with E-state index in [9.17, 15) is 4.79 Å². The van der Waals surface area contributed by atoms with Crippen molar-refractivity contribution in [3.63, 3.8) is 0 Å². The van der Waals surface area contributed by atoms with Crippen molar-refractivity contribution in [3.05, 3.63) is 66.5 Å². The van der Waals surface area contributed by atoms with E-state index in [0.29, 0.717) is 11.4 Å². The lowest BCUT2D eigenvalue weighted by Crippen LogP contribution is -2.12. The molecule has 0 aliphatic carbocycles. The van der Waals surface area contributed by atoms with Gasteiger partial charge in [-0.1, -0.05) is 12.1 Å². The number of aromatic nitrogens is 2. The topological polar surface area (TPSA) is 54.9 Å². The van der Waals surface area contributed by atoms with Gasteiger partial charge in [0, 0.05) is 23.3 Å². The number of carbonyl (C=O) groups excluding carboxylic acids is 1. The number of amides is 1. The maximum absolute atomic E-state index is 12.1. The van der Waals surface area contributed by atoms with Gasteiger partial charge in [-0.2, -0.15) is 0 Å². The first-order chi connectivity index (χ1) is 9.33. The van der Waals surface area contributed by atoms with Crippen molar-refractivity contribution in [3.8, 4) is 0 Å². The van der Waals surface area contributed by atoms with E-state index < -0.39 is 0 Å². The van der Waals surface area contributed by atoms with Gasteiger partial charge in [-0.05, 0) is 36.4 Å². The van der Waals surface area contributed by atoms with Gasteiger partial charge in [0.15, 0.2) is 0 Å². The van der Waals surface area contributed by atoms with Gasteiger partial charge in [0.05, 0.1) is 5.52 Å². The highest BCUT2D eigenvalue weighted by atomic mass is 16.1. The Morgan fingerprint density at radius 1 is 0.947 bits per heavy atom. The molecule has 19 heavy (non-hydrogen) atoms. The fourth-order valence-electron chi connectivity index (χ4n) is 1.84. The molecule has 0 saturated carbocycles. The largest absolute Gasteiger partial charge is 0.307 e. The van der Waals surface area contributed by atoms with Gasteiger partial charge in [-0.15, -0.1) is 0 Å². The van der Waals surface area contributed by atoms with Gasteiger partial charge in [0.2, 0.25) is 0 Å². The minimum atomic E-state index is -0.176. The van der Waals surface area contributed by atoms with Crippen molar-refractivity contribution in [2.24, 2.45) is 0 Å². The Morgan fingerprint density at radius 3 is 2.68 bits per heavy atom. The van der Waals surface area contributed by atoms with Crippen LogP contribution in [0, 0.1) is 0 Å². The summed E-state index contributed by atoms with van der Waals surface area (Å²) < 4.78 is 0. The Kier molecular flexibility index (Phi) is 2.90. The van der Waals surface area contributed by atoms with Gasteiger partial charge in [0.25, 0.3) is 5.91 Å². The smallest absolute Gasteiger partial charge is 0.256 e. The SMILES string of the molecule is O=C(Nc1ccccn1)c1ccc2ncccc2c1. The van der Waals surface area contributed by atoms with E-state index in [2.05, 4.69) is 15.3 Å². The van der Waals surface area contributed by atoms with E-state index >= 15 is 0 Å². The summed E-state index contributed by atoms with van der Waals surface area (Å²) in [6, 6.07) is 14.6. The first-order valence-corrected chi connectivity index (χ1v) is 5.90. The molecule has 1 N–H and O–H groups in total. The van der Waals surface area contributed by atoms with Crippen LogP contribution < -0.4 is 5.32 Å². The number of carbonyl (C=O) groups is 1. The van der Waals surface area contributed by atoms with Crippen molar-refractivity contribution >= 4 is 22.6 Å². The van der Waals surface area contributed by atoms with Crippen molar-refractivity contribution in [2.75, 3.05) is 5.32 Å². The zero-order valence-electron chi connectivity index (χ0n) is 10.1. The van der Waals surface area contributed by atoms with Crippen LogP contribution in [0.2, 0.25) is 0 Å². The van der Waals surface area contributed by atoms with Gasteiger partial charge < -0.3 is 5.32 Å². The Labute approximate surface area is 110 Å². The van der Waals surface area contributed by atoms with Crippen LogP contribution in [0.5, 0.6) is 0 Å². The molecule has 3 aromatic rings. The second kappa shape index (κ2) is 4.86. The molecule has 92 valence electrons. The molecule has 4 heteroatoms. The van der Waals surface area contributed by atoms with Crippen LogP contribution in [0.3, 0.4) is 0 Å². The molecule has 1 aromatic carbocycles. The minimum absolute atomic E-state index is 0.176. The van der Waals surface area contributed by atoms with Crippen LogP contribution in [0.1, 0.15) is 10.4 Å². The van der Waals surface area contributed by atoms with E-state index in [-0.39, 0.29) is 5.91 Å². The molecule has 0 bridgehead atoms. The first-order valence-electron chi connectivity index (χ1n) is 5.90. The standard InChI is InChI=1S/C15H11N3O/c19-15(18-14-5-1-2-8-17-14)12-6-7-13-11(10-12)4-3-9-16-13/h1-10H,(H,17,18,19). The number of nitrogens with one attached hydrogen (secondary N) is 1. The first kappa shape index (κ1) is 11.3. The van der Waals surface area contributed by atoms with Crippen molar-refractivity contribution in [1.82, 2.24) is 9.97 Å². The Hall–Kier alpha value is -2.75. The third kappa shape index (κ3) is 2.42. The number of pyridine rings is 2. The van der Waals surface area contributed by atoms with E-state index in [0.717, 1.165) is 10.9 Å². The monoisotopic (exact) mass is 249 g/mol. The van der Waals surface area contributed by atoms with Crippen LogP contribution in [-0.2, 0) is 0 Å². The number of rotatable bonds is 2. The highest BCUT2D eigenvalue weighted by Crippen LogP contribution is 2.14. The normalized spacial score (nSPS) is 10.3. The van der Waals surface area contributed by atoms with E-state index in [1.807, 2.05) is 30.3 Å². The maximum Gasteiger partial charge on any atom is 0.256 e. The predicted molar refractivity (Wildman–Crippen MR) is 73.9 cm³/mol. The van der Waals surface area contributed by atoms with Gasteiger partial charge in [-0.25, -0.2) is 4.98 Å². The average Bonchev–Trinajstić information content (AvgIpc) is 2.48. The molecule has 0 aliphatic heterocycles. The molecule has 0 spiro atoms. The van der Waals surface area contributed by atoms with Crippen LogP contribution in [0.25, 0.3) is 10.9 Å². The van der Waals surface area contributed by atoms with Crippen molar-refractivity contribution in [2.45, 2.75) is 0 Å². The average molecular weight is 249 g/mol. The van der Waals surface area contributed by atoms with Gasteiger partial charge >= 0.3 is 0 Å². The zero-order chi connectivity index (χ0) is 13.1. The molecule has 2 heterocycles. The third-order valence-electron chi connectivity index (χ3n) is 2.77. The van der Waals surface area contributed by atoms with Crippen LogP contribution in [0.15, 0.2) is 60.9 Å². The Balaban J connectivity index is 1.89. The summed E-state index contributed by atoms with van der Waals surface area (Å²) in [6.45, 7) is 0. The minimum Gasteiger partial charge on any atom is -0.307 e. The molecular weight excluding hydrogens is 238 g/mol. The van der Waals surface area contributed by atoms with E-state index in [1.54, 1.807) is 30.6 Å². The summed E-state index contributed by atoms with van der Waals surface area (Å²) in [6.07, 6.45) is 3.37. The molecule has 3 rings (SSSR count). The fourth-order valence-corrected chi connectivity index (χ4v) is 1.84. The van der Waals surface area contributed by atoms with Gasteiger partial charge in [-0.3, -0.25) is 9.78 Å². The Bertz CT molecular complexity index is 726. The fraction of sp³-hybridized carbons (Fsp3) is 0. The molecule has 0 unspecified atom stereocenters. The molecule has 2 aromatic heterocycles. The molecule has 0 atom stereocenters. The van der Waals surface area contributed by atoms with Crippen LogP contribution in [0.4, 0.5) is 5.82 Å². The molecule has 0 radical (unpaired) electrons. The van der Waals surface area contributed by atoms with E-state index in [4.69, 9.17) is 0 Å². The van der Waals surface area contributed by atoms with Crippen molar-refractivity contribution in [1.29, 1.82) is 0 Å². The lowest BCUT2D eigenvalue weighted by Gasteiger charge is -2.05. The number of fused-ring (bicyclic) bond motifs is 1. The molecule has 0 aliphatic rings. The van der Waals surface area contributed by atoms with Crippen LogP contribution >= 0.6 is 0 Å². The van der Waals surface area contributed by atoms with E-state index in [1.165, 1.54) is 0 Å². The second-order valence-electron chi connectivity index (χ2n) is 4.08. The Morgan fingerprint density at radius 2 is 1.84 bits per heavy atom. The number of benzene rings is 1. The molecule has 1 amide bonds. The number of anilines is 1. The summed E-state index contributed by atoms with van der Waals surface area (Å²) in [5.74, 6) is 0.364. The lowest BCUT2D eigenvalue weighted by atomic mass is 10.1. The number of nitrogens with zero attached hydrogens (tertiary/aromatic N) is 2. The van der Waals surface area contributed by atoms with Gasteiger partial charge in [0.1, 0.15) is 5.82 Å². The molecular formula is C15H11N3O. The number of hydrogen-bond donors (Lipinski definition) is 1. The second-order valence-corrected chi connectivity index (χ2v) is 4.08. The third-order valence-corrected chi connectivity index (χ3v) is 2.77. The highest BCUT2D eigenvalue weighted by Gasteiger charge is 2.07. The predicted octanol–water partition coefficient (Wildman–Crippen LogP) is 2.88. The quantitative estimate of drug-likeness (QED) is 0.759. The zero-order valence-corrected chi connectivity index (χ0v) is 10.1. The molecule has 4 nitrogen and oxygen atoms in total. The van der Waals surface area contributed by atoms with Crippen LogP contribution in [-0.4, -0.2) is 15.9 Å². The highest BCUT2D eigenvalue weighted by molar-refractivity contribution is 6.05. The summed E-state index contributed by atoms with van der Waals surface area (Å²) in [7, 11) is 0. The maximum atomic E-state index is 12.1. The summed E-state index contributed by atoms with van der Waals surface area (Å²) in [4.78, 5) is 20.4.